The van der Waals surface area contributed by atoms with E-state index in [-0.39, 0.29) is 12.5 Å². The van der Waals surface area contributed by atoms with Crippen molar-refractivity contribution in [2.45, 2.75) is 0 Å². The Kier molecular flexibility index (Phi) is 6.60. The fourth-order valence-corrected chi connectivity index (χ4v) is 4.04. The number of halogens is 3. The summed E-state index contributed by atoms with van der Waals surface area (Å²) in [5, 5.41) is 3.88. The molecule has 4 nitrogen and oxygen atoms in total. The fraction of sp³-hybridized carbons (Fsp3) is 0.0667. The largest absolute Gasteiger partial charge is 0.481 e. The normalized spacial score (nSPS) is 10.7. The number of hydrazone groups is 1. The summed E-state index contributed by atoms with van der Waals surface area (Å²) in [6.45, 7) is -0.134. The Hall–Kier alpha value is -1.18. The number of ether oxygens (including phenoxy) is 1. The fourth-order valence-electron chi connectivity index (χ4n) is 1.55. The van der Waals surface area contributed by atoms with Crippen LogP contribution >= 0.6 is 47.8 Å². The van der Waals surface area contributed by atoms with Crippen LogP contribution in [0.1, 0.15) is 5.56 Å². The highest BCUT2D eigenvalue weighted by atomic mass is 79.9. The molecule has 22 heavy (non-hydrogen) atoms. The van der Waals surface area contributed by atoms with E-state index in [9.17, 15) is 4.79 Å². The molecule has 1 amide bonds. The van der Waals surface area contributed by atoms with Gasteiger partial charge in [0, 0.05) is 4.47 Å². The van der Waals surface area contributed by atoms with Gasteiger partial charge in [-0.2, -0.15) is 5.10 Å². The summed E-state index contributed by atoms with van der Waals surface area (Å²) in [6.07, 6.45) is 1.57. The van der Waals surface area contributed by atoms with Crippen molar-refractivity contribution in [2.24, 2.45) is 5.10 Å². The van der Waals surface area contributed by atoms with Crippen LogP contribution in [-0.2, 0) is 4.79 Å². The van der Waals surface area contributed by atoms with Gasteiger partial charge in [0.05, 0.1) is 15.2 Å². The van der Waals surface area contributed by atoms with E-state index in [0.717, 1.165) is 19.0 Å². The predicted octanol–water partition coefficient (Wildman–Crippen LogP) is 4.50. The van der Waals surface area contributed by atoms with E-state index in [1.807, 2.05) is 42.5 Å². The number of hydrogen-bond acceptors (Lipinski definition) is 3. The topological polar surface area (TPSA) is 50.7 Å². The van der Waals surface area contributed by atoms with Crippen LogP contribution in [0.4, 0.5) is 0 Å². The average Bonchev–Trinajstić information content (AvgIpc) is 2.47. The molecule has 114 valence electrons. The minimum atomic E-state index is -0.339. The number of nitrogens with one attached hydrogen (secondary N) is 1. The van der Waals surface area contributed by atoms with Gasteiger partial charge in [-0.15, -0.1) is 0 Å². The van der Waals surface area contributed by atoms with E-state index in [1.54, 1.807) is 6.21 Å². The zero-order chi connectivity index (χ0) is 15.9. The van der Waals surface area contributed by atoms with Crippen molar-refractivity contribution in [1.29, 1.82) is 0 Å². The minimum absolute atomic E-state index is 0.134. The molecular weight excluding hydrogens is 480 g/mol. The van der Waals surface area contributed by atoms with Gasteiger partial charge < -0.3 is 4.74 Å². The summed E-state index contributed by atoms with van der Waals surface area (Å²) in [5.74, 6) is 0.222. The summed E-state index contributed by atoms with van der Waals surface area (Å²) >= 11 is 10.1. The molecule has 0 unspecified atom stereocenters. The van der Waals surface area contributed by atoms with E-state index in [0.29, 0.717) is 5.75 Å². The number of rotatable bonds is 5. The van der Waals surface area contributed by atoms with Gasteiger partial charge in [0.25, 0.3) is 5.91 Å². The summed E-state index contributed by atoms with van der Waals surface area (Å²) in [4.78, 5) is 11.7. The van der Waals surface area contributed by atoms with E-state index < -0.39 is 0 Å². The van der Waals surface area contributed by atoms with Gasteiger partial charge >= 0.3 is 0 Å². The molecule has 7 heteroatoms. The Morgan fingerprint density at radius 3 is 2.41 bits per heavy atom. The lowest BCUT2D eigenvalue weighted by molar-refractivity contribution is -0.123. The molecule has 0 bridgehead atoms. The highest BCUT2D eigenvalue weighted by Crippen LogP contribution is 2.36. The molecule has 0 fully saturated rings. The number of nitrogens with zero attached hydrogens (tertiary/aromatic N) is 1. The summed E-state index contributed by atoms with van der Waals surface area (Å²) in [7, 11) is 0. The van der Waals surface area contributed by atoms with Crippen LogP contribution < -0.4 is 10.2 Å². The Labute approximate surface area is 153 Å². The van der Waals surface area contributed by atoms with Gasteiger partial charge in [-0.3, -0.25) is 4.79 Å². The maximum absolute atomic E-state index is 11.7. The SMILES string of the molecule is O=C(COc1c(Br)cc(Br)cc1Br)N/N=C/c1ccccc1. The molecule has 0 aromatic heterocycles. The predicted molar refractivity (Wildman–Crippen MR) is 97.2 cm³/mol. The molecule has 1 N–H and O–H groups in total. The molecule has 0 radical (unpaired) electrons. The van der Waals surface area contributed by atoms with Crippen molar-refractivity contribution in [1.82, 2.24) is 5.43 Å². The lowest BCUT2D eigenvalue weighted by Crippen LogP contribution is -2.24. The van der Waals surface area contributed by atoms with Crippen molar-refractivity contribution in [3.05, 3.63) is 61.4 Å². The molecule has 0 aliphatic heterocycles. The minimum Gasteiger partial charge on any atom is -0.481 e. The first-order valence-corrected chi connectivity index (χ1v) is 8.58. The first-order chi connectivity index (χ1) is 10.6. The Morgan fingerprint density at radius 1 is 1.14 bits per heavy atom. The van der Waals surface area contributed by atoms with Crippen LogP contribution in [0.25, 0.3) is 0 Å². The monoisotopic (exact) mass is 488 g/mol. The second-order valence-electron chi connectivity index (χ2n) is 4.19. The van der Waals surface area contributed by atoms with Gasteiger partial charge in [-0.25, -0.2) is 5.43 Å². The molecule has 0 aliphatic rings. The van der Waals surface area contributed by atoms with Crippen molar-refractivity contribution < 1.29 is 9.53 Å². The summed E-state index contributed by atoms with van der Waals surface area (Å²) in [6, 6.07) is 13.2. The first kappa shape index (κ1) is 17.2. The summed E-state index contributed by atoms with van der Waals surface area (Å²) < 4.78 is 7.87. The van der Waals surface area contributed by atoms with E-state index in [1.165, 1.54) is 0 Å². The molecule has 0 heterocycles. The third-order valence-corrected chi connectivity index (χ3v) is 4.15. The molecule has 2 aromatic rings. The molecule has 0 aliphatic carbocycles. The quantitative estimate of drug-likeness (QED) is 0.495. The second kappa shape index (κ2) is 8.45. The number of hydrogen-bond donors (Lipinski definition) is 1. The highest BCUT2D eigenvalue weighted by molar-refractivity contribution is 9.11. The van der Waals surface area contributed by atoms with E-state index in [4.69, 9.17) is 4.74 Å². The molecule has 0 saturated carbocycles. The maximum Gasteiger partial charge on any atom is 0.277 e. The zero-order valence-electron chi connectivity index (χ0n) is 11.2. The van der Waals surface area contributed by atoms with Gasteiger partial charge in [0.1, 0.15) is 5.75 Å². The first-order valence-electron chi connectivity index (χ1n) is 6.20. The van der Waals surface area contributed by atoms with Crippen molar-refractivity contribution in [3.63, 3.8) is 0 Å². The average molecular weight is 491 g/mol. The van der Waals surface area contributed by atoms with Crippen LogP contribution in [0.3, 0.4) is 0 Å². The number of carbonyl (C=O) groups excluding carboxylic acids is 1. The van der Waals surface area contributed by atoms with Crippen LogP contribution in [0.5, 0.6) is 5.75 Å². The lowest BCUT2D eigenvalue weighted by atomic mass is 10.2. The van der Waals surface area contributed by atoms with Crippen molar-refractivity contribution in [3.8, 4) is 5.75 Å². The lowest BCUT2D eigenvalue weighted by Gasteiger charge is -2.09. The molecular formula is C15H11Br3N2O2. The zero-order valence-corrected chi connectivity index (χ0v) is 16.0. The second-order valence-corrected chi connectivity index (χ2v) is 6.82. The number of amides is 1. The third-order valence-electron chi connectivity index (χ3n) is 2.51. The molecule has 2 aromatic carbocycles. The van der Waals surface area contributed by atoms with Gasteiger partial charge in [0.15, 0.2) is 6.61 Å². The Bertz CT molecular complexity index is 667. The standard InChI is InChI=1S/C15H11Br3N2O2/c16-11-6-12(17)15(13(18)7-11)22-9-14(21)20-19-8-10-4-2-1-3-5-10/h1-8H,9H2,(H,20,21)/b19-8+. The van der Waals surface area contributed by atoms with E-state index >= 15 is 0 Å². The van der Waals surface area contributed by atoms with Crippen molar-refractivity contribution >= 4 is 59.9 Å². The molecule has 0 saturated heterocycles. The van der Waals surface area contributed by atoms with Crippen LogP contribution in [0.2, 0.25) is 0 Å². The Morgan fingerprint density at radius 2 is 1.77 bits per heavy atom. The maximum atomic E-state index is 11.7. The van der Waals surface area contributed by atoms with E-state index in [2.05, 4.69) is 58.3 Å². The highest BCUT2D eigenvalue weighted by Gasteiger charge is 2.10. The van der Waals surface area contributed by atoms with Gasteiger partial charge in [0.2, 0.25) is 0 Å². The molecule has 2 rings (SSSR count). The molecule has 0 spiro atoms. The number of carbonyl (C=O) groups is 1. The number of benzene rings is 2. The van der Waals surface area contributed by atoms with Crippen molar-refractivity contribution in [2.75, 3.05) is 6.61 Å². The van der Waals surface area contributed by atoms with Crippen LogP contribution in [0.15, 0.2) is 61.0 Å². The van der Waals surface area contributed by atoms with Gasteiger partial charge in [-0.1, -0.05) is 46.3 Å². The van der Waals surface area contributed by atoms with Crippen LogP contribution in [-0.4, -0.2) is 18.7 Å². The molecule has 0 atom stereocenters. The smallest absolute Gasteiger partial charge is 0.277 e. The summed E-state index contributed by atoms with van der Waals surface area (Å²) in [5.41, 5.74) is 3.32. The van der Waals surface area contributed by atoms with Crippen LogP contribution in [0, 0.1) is 0 Å². The third kappa shape index (κ3) is 5.23. The Balaban J connectivity index is 1.87. The van der Waals surface area contributed by atoms with Gasteiger partial charge in [-0.05, 0) is 49.6 Å².